The maximum atomic E-state index is 3.59. The number of piperazine rings is 1. The smallest absolute Gasteiger partial charge is 0.0195 e. The zero-order valence-electron chi connectivity index (χ0n) is 5.69. The maximum Gasteiger partial charge on any atom is 0.0195 e. The van der Waals surface area contributed by atoms with E-state index in [4.69, 9.17) is 0 Å². The van der Waals surface area contributed by atoms with Crippen LogP contribution in [0.1, 0.15) is 19.3 Å². The van der Waals surface area contributed by atoms with Gasteiger partial charge in [-0.15, -0.1) is 0 Å². The Bertz CT molecular complexity index is 83.1. The molecule has 2 aliphatic heterocycles. The van der Waals surface area contributed by atoms with E-state index in [1.165, 1.54) is 32.4 Å². The summed E-state index contributed by atoms with van der Waals surface area (Å²) < 4.78 is 0. The van der Waals surface area contributed by atoms with Gasteiger partial charge in [-0.25, -0.2) is 0 Å². The van der Waals surface area contributed by atoms with Crippen LogP contribution < -0.4 is 10.6 Å². The summed E-state index contributed by atoms with van der Waals surface area (Å²) >= 11 is 0. The van der Waals surface area contributed by atoms with Gasteiger partial charge in [-0.2, -0.15) is 0 Å². The third-order valence-corrected chi connectivity index (χ3v) is 2.36. The lowest BCUT2D eigenvalue weighted by atomic mass is 9.96. The van der Waals surface area contributed by atoms with E-state index in [2.05, 4.69) is 10.6 Å². The van der Waals surface area contributed by atoms with Crippen molar-refractivity contribution in [1.29, 1.82) is 0 Å². The molecule has 2 heteroatoms. The molecule has 0 radical (unpaired) electrons. The summed E-state index contributed by atoms with van der Waals surface area (Å²) in [4.78, 5) is 0. The second-order valence-corrected chi connectivity index (χ2v) is 3.15. The predicted molar refractivity (Wildman–Crippen MR) is 37.4 cm³/mol. The van der Waals surface area contributed by atoms with Crippen molar-refractivity contribution in [3.63, 3.8) is 0 Å². The standard InChI is InChI=1S/C7H14N2/c1-2-6-4-8-5-7(3-1)9-6/h6-9H,1-5H2. The molecule has 0 aliphatic carbocycles. The highest BCUT2D eigenvalue weighted by Crippen LogP contribution is 2.14. The minimum atomic E-state index is 0.789. The fourth-order valence-electron chi connectivity index (χ4n) is 1.86. The quantitative estimate of drug-likeness (QED) is 0.481. The molecule has 9 heavy (non-hydrogen) atoms. The summed E-state index contributed by atoms with van der Waals surface area (Å²) in [6.07, 6.45) is 4.19. The molecular formula is C7H14N2. The Morgan fingerprint density at radius 2 is 1.67 bits per heavy atom. The van der Waals surface area contributed by atoms with Crippen LogP contribution in [-0.4, -0.2) is 25.2 Å². The molecule has 2 unspecified atom stereocenters. The average molecular weight is 126 g/mol. The summed E-state index contributed by atoms with van der Waals surface area (Å²) in [6.45, 7) is 2.38. The molecule has 0 amide bonds. The van der Waals surface area contributed by atoms with E-state index < -0.39 is 0 Å². The molecule has 2 rings (SSSR count). The third-order valence-electron chi connectivity index (χ3n) is 2.36. The van der Waals surface area contributed by atoms with Crippen molar-refractivity contribution in [3.8, 4) is 0 Å². The van der Waals surface area contributed by atoms with Crippen molar-refractivity contribution in [2.45, 2.75) is 31.3 Å². The van der Waals surface area contributed by atoms with E-state index in [9.17, 15) is 0 Å². The van der Waals surface area contributed by atoms with Crippen LogP contribution in [0.5, 0.6) is 0 Å². The molecule has 2 atom stereocenters. The summed E-state index contributed by atoms with van der Waals surface area (Å²) in [5.74, 6) is 0. The van der Waals surface area contributed by atoms with E-state index in [0.29, 0.717) is 0 Å². The Labute approximate surface area is 56.0 Å². The van der Waals surface area contributed by atoms with E-state index in [1.54, 1.807) is 0 Å². The average Bonchev–Trinajstić information content (AvgIpc) is 1.88. The molecule has 0 aromatic rings. The van der Waals surface area contributed by atoms with Gasteiger partial charge in [0, 0.05) is 25.2 Å². The molecule has 52 valence electrons. The highest BCUT2D eigenvalue weighted by Gasteiger charge is 2.23. The van der Waals surface area contributed by atoms with Gasteiger partial charge >= 0.3 is 0 Å². The van der Waals surface area contributed by atoms with Crippen LogP contribution in [0.3, 0.4) is 0 Å². The minimum Gasteiger partial charge on any atom is -0.314 e. The molecule has 0 aromatic heterocycles. The van der Waals surface area contributed by atoms with E-state index >= 15 is 0 Å². The Kier molecular flexibility index (Phi) is 1.44. The Hall–Kier alpha value is -0.0800. The van der Waals surface area contributed by atoms with Gasteiger partial charge in [0.2, 0.25) is 0 Å². The Balaban J connectivity index is 1.96. The van der Waals surface area contributed by atoms with Crippen molar-refractivity contribution in [1.82, 2.24) is 10.6 Å². The molecule has 2 aliphatic rings. The minimum absolute atomic E-state index is 0.789. The summed E-state index contributed by atoms with van der Waals surface area (Å²) in [7, 11) is 0. The van der Waals surface area contributed by atoms with Crippen LogP contribution in [0.15, 0.2) is 0 Å². The number of hydrogen-bond acceptors (Lipinski definition) is 2. The first-order valence-corrected chi connectivity index (χ1v) is 3.92. The third kappa shape index (κ3) is 1.10. The van der Waals surface area contributed by atoms with E-state index in [-0.39, 0.29) is 0 Å². The molecule has 0 aromatic carbocycles. The molecule has 0 saturated carbocycles. The number of nitrogens with one attached hydrogen (secondary N) is 2. The van der Waals surface area contributed by atoms with Gasteiger partial charge in [-0.3, -0.25) is 0 Å². The number of hydrogen-bond donors (Lipinski definition) is 2. The van der Waals surface area contributed by atoms with Crippen LogP contribution in [0, 0.1) is 0 Å². The van der Waals surface area contributed by atoms with Gasteiger partial charge in [0.05, 0.1) is 0 Å². The monoisotopic (exact) mass is 126 g/mol. The van der Waals surface area contributed by atoms with Crippen LogP contribution in [0.25, 0.3) is 0 Å². The molecule has 2 fully saturated rings. The van der Waals surface area contributed by atoms with Gasteiger partial charge < -0.3 is 10.6 Å². The molecule has 2 saturated heterocycles. The van der Waals surface area contributed by atoms with Gasteiger partial charge in [-0.05, 0) is 12.8 Å². The first-order valence-electron chi connectivity index (χ1n) is 3.92. The van der Waals surface area contributed by atoms with Crippen molar-refractivity contribution < 1.29 is 0 Å². The zero-order valence-corrected chi connectivity index (χ0v) is 5.69. The Morgan fingerprint density at radius 3 is 2.22 bits per heavy atom. The molecule has 2 nitrogen and oxygen atoms in total. The van der Waals surface area contributed by atoms with Crippen LogP contribution in [-0.2, 0) is 0 Å². The van der Waals surface area contributed by atoms with E-state index in [1.807, 2.05) is 0 Å². The van der Waals surface area contributed by atoms with Gasteiger partial charge in [0.25, 0.3) is 0 Å². The predicted octanol–water partition coefficient (Wildman–Crippen LogP) is 0.100. The highest BCUT2D eigenvalue weighted by atomic mass is 15.1. The fourth-order valence-corrected chi connectivity index (χ4v) is 1.86. The molecule has 0 spiro atoms. The number of fused-ring (bicyclic) bond motifs is 2. The largest absolute Gasteiger partial charge is 0.314 e. The van der Waals surface area contributed by atoms with Gasteiger partial charge in [-0.1, -0.05) is 6.42 Å². The van der Waals surface area contributed by atoms with Crippen LogP contribution >= 0.6 is 0 Å². The molecule has 2 N–H and O–H groups in total. The summed E-state index contributed by atoms with van der Waals surface area (Å²) in [5, 5.41) is 7.01. The van der Waals surface area contributed by atoms with Crippen molar-refractivity contribution in [2.75, 3.05) is 13.1 Å². The van der Waals surface area contributed by atoms with Gasteiger partial charge in [0.15, 0.2) is 0 Å². The number of piperidine rings is 1. The SMILES string of the molecule is C1CC2CNCC(C1)N2. The van der Waals surface area contributed by atoms with Crippen LogP contribution in [0.4, 0.5) is 0 Å². The molecule has 2 heterocycles. The first kappa shape index (κ1) is 5.69. The summed E-state index contributed by atoms with van der Waals surface area (Å²) in [6, 6.07) is 1.58. The second-order valence-electron chi connectivity index (χ2n) is 3.15. The fraction of sp³-hybridized carbons (Fsp3) is 1.00. The first-order chi connectivity index (χ1) is 4.45. The zero-order chi connectivity index (χ0) is 6.10. The lowest BCUT2D eigenvalue weighted by Crippen LogP contribution is -2.57. The van der Waals surface area contributed by atoms with Crippen molar-refractivity contribution in [2.24, 2.45) is 0 Å². The lowest BCUT2D eigenvalue weighted by Gasteiger charge is -2.36. The van der Waals surface area contributed by atoms with Crippen LogP contribution in [0.2, 0.25) is 0 Å². The van der Waals surface area contributed by atoms with E-state index in [0.717, 1.165) is 12.1 Å². The lowest BCUT2D eigenvalue weighted by molar-refractivity contribution is 0.260. The normalized spacial score (nSPS) is 42.7. The van der Waals surface area contributed by atoms with Gasteiger partial charge in [0.1, 0.15) is 0 Å². The highest BCUT2D eigenvalue weighted by molar-refractivity contribution is 4.87. The van der Waals surface area contributed by atoms with Crippen molar-refractivity contribution >= 4 is 0 Å². The second kappa shape index (κ2) is 2.27. The maximum absolute atomic E-state index is 3.59. The molecular weight excluding hydrogens is 112 g/mol. The molecule has 2 bridgehead atoms. The topological polar surface area (TPSA) is 24.1 Å². The summed E-state index contributed by atoms with van der Waals surface area (Å²) in [5.41, 5.74) is 0. The van der Waals surface area contributed by atoms with Crippen molar-refractivity contribution in [3.05, 3.63) is 0 Å². The Morgan fingerprint density at radius 1 is 1.00 bits per heavy atom. The number of rotatable bonds is 0.